The molecular formula is C21H31N3O2S. The van der Waals surface area contributed by atoms with Crippen LogP contribution in [0, 0.1) is 0 Å². The lowest BCUT2D eigenvalue weighted by Crippen LogP contribution is -2.41. The molecule has 0 unspecified atom stereocenters. The van der Waals surface area contributed by atoms with Crippen LogP contribution in [-0.2, 0) is 11.3 Å². The molecule has 148 valence electrons. The van der Waals surface area contributed by atoms with Gasteiger partial charge in [0.05, 0.1) is 13.1 Å². The number of thioether (sulfide) groups is 1. The maximum atomic E-state index is 5.97. The predicted molar refractivity (Wildman–Crippen MR) is 115 cm³/mol. The van der Waals surface area contributed by atoms with Gasteiger partial charge in [-0.2, -0.15) is 11.8 Å². The molecule has 1 N–H and O–H groups in total. The number of guanidine groups is 1. The van der Waals surface area contributed by atoms with E-state index < -0.39 is 0 Å². The van der Waals surface area contributed by atoms with E-state index in [1.54, 1.807) is 0 Å². The van der Waals surface area contributed by atoms with E-state index in [-0.39, 0.29) is 4.75 Å². The van der Waals surface area contributed by atoms with E-state index in [1.807, 2.05) is 30.0 Å². The number of hydrogen-bond donors (Lipinski definition) is 1. The quantitative estimate of drug-likeness (QED) is 0.570. The van der Waals surface area contributed by atoms with Crippen LogP contribution < -0.4 is 5.32 Å². The lowest BCUT2D eigenvalue weighted by atomic mass is 9.99. The van der Waals surface area contributed by atoms with Crippen LogP contribution in [0.4, 0.5) is 0 Å². The van der Waals surface area contributed by atoms with E-state index in [1.165, 1.54) is 0 Å². The van der Waals surface area contributed by atoms with Gasteiger partial charge in [-0.25, -0.2) is 0 Å². The predicted octanol–water partition coefficient (Wildman–Crippen LogP) is 4.13. The minimum atomic E-state index is 0.202. The zero-order chi connectivity index (χ0) is 19.1. The van der Waals surface area contributed by atoms with Crippen molar-refractivity contribution in [2.24, 2.45) is 4.99 Å². The molecule has 1 aliphatic rings. The van der Waals surface area contributed by atoms with Gasteiger partial charge >= 0.3 is 0 Å². The minimum absolute atomic E-state index is 0.202. The fourth-order valence-electron chi connectivity index (χ4n) is 3.51. The van der Waals surface area contributed by atoms with E-state index in [2.05, 4.69) is 43.2 Å². The first kappa shape index (κ1) is 20.1. The van der Waals surface area contributed by atoms with Crippen molar-refractivity contribution in [1.29, 1.82) is 0 Å². The van der Waals surface area contributed by atoms with Crippen molar-refractivity contribution >= 4 is 28.7 Å². The summed E-state index contributed by atoms with van der Waals surface area (Å²) in [6.45, 7) is 8.38. The summed E-state index contributed by atoms with van der Waals surface area (Å²) in [6, 6.07) is 10.2. The Kier molecular flexibility index (Phi) is 7.07. The molecule has 0 radical (unpaired) electrons. The summed E-state index contributed by atoms with van der Waals surface area (Å²) in [6.07, 6.45) is 2.14. The Balaban J connectivity index is 1.71. The Labute approximate surface area is 166 Å². The van der Waals surface area contributed by atoms with Crippen LogP contribution in [0.1, 0.15) is 32.4 Å². The maximum Gasteiger partial charge on any atom is 0.194 e. The van der Waals surface area contributed by atoms with Gasteiger partial charge in [0.2, 0.25) is 0 Å². The SMILES string of the molecule is CCNC(=NCC1(SCC)CCOCC1)N(C)Cc1cc2ccccc2o1. The molecule has 27 heavy (non-hydrogen) atoms. The summed E-state index contributed by atoms with van der Waals surface area (Å²) in [5.41, 5.74) is 0.934. The molecule has 2 aromatic rings. The Morgan fingerprint density at radius 2 is 2.04 bits per heavy atom. The van der Waals surface area contributed by atoms with Gasteiger partial charge in [-0.3, -0.25) is 4.99 Å². The van der Waals surface area contributed by atoms with E-state index in [0.29, 0.717) is 6.54 Å². The molecule has 2 heterocycles. The Hall–Kier alpha value is -1.66. The fourth-order valence-corrected chi connectivity index (χ4v) is 4.73. The van der Waals surface area contributed by atoms with Crippen molar-refractivity contribution in [3.63, 3.8) is 0 Å². The average Bonchev–Trinajstić information content (AvgIpc) is 3.08. The first-order chi connectivity index (χ1) is 13.2. The fraction of sp³-hybridized carbons (Fsp3) is 0.571. The molecule has 1 aromatic heterocycles. The zero-order valence-corrected chi connectivity index (χ0v) is 17.5. The van der Waals surface area contributed by atoms with Crippen LogP contribution in [0.5, 0.6) is 0 Å². The lowest BCUT2D eigenvalue weighted by Gasteiger charge is -2.35. The van der Waals surface area contributed by atoms with Crippen LogP contribution in [0.15, 0.2) is 39.7 Å². The largest absolute Gasteiger partial charge is 0.459 e. The zero-order valence-electron chi connectivity index (χ0n) is 16.7. The number of para-hydroxylation sites is 1. The minimum Gasteiger partial charge on any atom is -0.459 e. The third-order valence-corrected chi connectivity index (χ3v) is 6.38. The van der Waals surface area contributed by atoms with Crippen molar-refractivity contribution in [3.8, 4) is 0 Å². The van der Waals surface area contributed by atoms with Gasteiger partial charge in [-0.15, -0.1) is 0 Å². The first-order valence-electron chi connectivity index (χ1n) is 9.84. The van der Waals surface area contributed by atoms with Crippen molar-refractivity contribution in [3.05, 3.63) is 36.1 Å². The second-order valence-electron chi connectivity index (χ2n) is 7.01. The molecule has 1 saturated heterocycles. The molecule has 6 heteroatoms. The number of furan rings is 1. The molecule has 0 bridgehead atoms. The highest BCUT2D eigenvalue weighted by molar-refractivity contribution is 8.00. The number of benzene rings is 1. The Morgan fingerprint density at radius 3 is 2.74 bits per heavy atom. The number of nitrogens with zero attached hydrogens (tertiary/aromatic N) is 2. The van der Waals surface area contributed by atoms with Gasteiger partial charge < -0.3 is 19.4 Å². The molecule has 0 spiro atoms. The third kappa shape index (κ3) is 5.20. The van der Waals surface area contributed by atoms with E-state index in [4.69, 9.17) is 14.1 Å². The lowest BCUT2D eigenvalue weighted by molar-refractivity contribution is 0.0793. The molecule has 0 saturated carbocycles. The van der Waals surface area contributed by atoms with Crippen LogP contribution in [0.3, 0.4) is 0 Å². The van der Waals surface area contributed by atoms with Crippen LogP contribution in [-0.4, -0.2) is 54.7 Å². The second kappa shape index (κ2) is 9.51. The molecule has 3 rings (SSSR count). The number of aliphatic imine (C=N–C) groups is 1. The van der Waals surface area contributed by atoms with Crippen molar-refractivity contribution in [1.82, 2.24) is 10.2 Å². The molecule has 1 aliphatic heterocycles. The standard InChI is InChI=1S/C21H31N3O2S/c1-4-22-20(23-16-21(27-5-2)10-12-25-13-11-21)24(3)15-18-14-17-8-6-7-9-19(17)26-18/h6-9,14H,4-5,10-13,15-16H2,1-3H3,(H,22,23). The smallest absolute Gasteiger partial charge is 0.194 e. The molecule has 5 nitrogen and oxygen atoms in total. The number of fused-ring (bicyclic) bond motifs is 1. The highest BCUT2D eigenvalue weighted by Gasteiger charge is 2.32. The van der Waals surface area contributed by atoms with Gasteiger partial charge in [-0.1, -0.05) is 25.1 Å². The number of ether oxygens (including phenoxy) is 1. The third-order valence-electron chi connectivity index (χ3n) is 4.94. The number of rotatable bonds is 7. The van der Waals surface area contributed by atoms with Gasteiger partial charge in [0.15, 0.2) is 5.96 Å². The van der Waals surface area contributed by atoms with Gasteiger partial charge in [0.1, 0.15) is 11.3 Å². The van der Waals surface area contributed by atoms with Crippen molar-refractivity contribution in [2.45, 2.75) is 38.0 Å². The van der Waals surface area contributed by atoms with E-state index in [0.717, 1.165) is 67.6 Å². The number of nitrogens with one attached hydrogen (secondary N) is 1. The summed E-state index contributed by atoms with van der Waals surface area (Å²) in [7, 11) is 2.07. The highest BCUT2D eigenvalue weighted by atomic mass is 32.2. The summed E-state index contributed by atoms with van der Waals surface area (Å²) < 4.78 is 11.8. The summed E-state index contributed by atoms with van der Waals surface area (Å²) >= 11 is 2.03. The molecule has 0 atom stereocenters. The first-order valence-corrected chi connectivity index (χ1v) is 10.8. The molecule has 0 amide bonds. The summed E-state index contributed by atoms with van der Waals surface area (Å²) in [4.78, 5) is 7.14. The van der Waals surface area contributed by atoms with Crippen LogP contribution >= 0.6 is 11.8 Å². The highest BCUT2D eigenvalue weighted by Crippen LogP contribution is 2.35. The van der Waals surface area contributed by atoms with Crippen molar-refractivity contribution < 1.29 is 9.15 Å². The molecular weight excluding hydrogens is 358 g/mol. The van der Waals surface area contributed by atoms with Gasteiger partial charge in [0.25, 0.3) is 0 Å². The monoisotopic (exact) mass is 389 g/mol. The normalized spacial score (nSPS) is 17.2. The van der Waals surface area contributed by atoms with Crippen molar-refractivity contribution in [2.75, 3.05) is 39.1 Å². The van der Waals surface area contributed by atoms with E-state index in [9.17, 15) is 0 Å². The molecule has 1 fully saturated rings. The summed E-state index contributed by atoms with van der Waals surface area (Å²) in [5, 5.41) is 4.57. The maximum absolute atomic E-state index is 5.97. The summed E-state index contributed by atoms with van der Waals surface area (Å²) in [5.74, 6) is 2.99. The Morgan fingerprint density at radius 1 is 1.26 bits per heavy atom. The second-order valence-corrected chi connectivity index (χ2v) is 8.74. The molecule has 0 aliphatic carbocycles. The van der Waals surface area contributed by atoms with Gasteiger partial charge in [-0.05, 0) is 37.7 Å². The Bertz CT molecular complexity index is 714. The average molecular weight is 390 g/mol. The number of hydrogen-bond acceptors (Lipinski definition) is 4. The van der Waals surface area contributed by atoms with Gasteiger partial charge in [0, 0.05) is 36.9 Å². The topological polar surface area (TPSA) is 50.0 Å². The molecule has 1 aromatic carbocycles. The van der Waals surface area contributed by atoms with Crippen LogP contribution in [0.25, 0.3) is 11.0 Å². The van der Waals surface area contributed by atoms with E-state index >= 15 is 0 Å². The van der Waals surface area contributed by atoms with Crippen LogP contribution in [0.2, 0.25) is 0 Å².